The van der Waals surface area contributed by atoms with Gasteiger partial charge in [0.15, 0.2) is 0 Å². The highest BCUT2D eigenvalue weighted by Gasteiger charge is 2.16. The molecular formula is C13H12Br2FN3. The predicted molar refractivity (Wildman–Crippen MR) is 79.8 cm³/mol. The predicted octanol–water partition coefficient (Wildman–Crippen LogP) is 3.49. The minimum Gasteiger partial charge on any atom is -0.271 e. The maximum atomic E-state index is 13.3. The lowest BCUT2D eigenvalue weighted by Gasteiger charge is -2.17. The van der Waals surface area contributed by atoms with Crippen LogP contribution in [0.5, 0.6) is 0 Å². The first-order chi connectivity index (χ1) is 9.11. The molecule has 6 heteroatoms. The van der Waals surface area contributed by atoms with Crippen LogP contribution >= 0.6 is 31.9 Å². The number of nitrogens with two attached hydrogens (primary N) is 1. The highest BCUT2D eigenvalue weighted by atomic mass is 79.9. The summed E-state index contributed by atoms with van der Waals surface area (Å²) in [4.78, 5) is 4.30. The van der Waals surface area contributed by atoms with E-state index in [1.54, 1.807) is 12.3 Å². The van der Waals surface area contributed by atoms with Crippen molar-refractivity contribution in [2.45, 2.75) is 12.5 Å². The maximum absolute atomic E-state index is 13.3. The van der Waals surface area contributed by atoms with Crippen molar-refractivity contribution in [2.24, 2.45) is 5.84 Å². The number of rotatable bonds is 4. The molecule has 100 valence electrons. The molecule has 0 saturated carbocycles. The van der Waals surface area contributed by atoms with Gasteiger partial charge in [0.25, 0.3) is 0 Å². The van der Waals surface area contributed by atoms with Crippen molar-refractivity contribution in [1.29, 1.82) is 0 Å². The van der Waals surface area contributed by atoms with Crippen LogP contribution in [-0.2, 0) is 6.42 Å². The molecular weight excluding hydrogens is 377 g/mol. The number of pyridine rings is 1. The third-order valence-corrected chi connectivity index (χ3v) is 4.19. The van der Waals surface area contributed by atoms with E-state index in [0.717, 1.165) is 20.2 Å². The lowest BCUT2D eigenvalue weighted by Crippen LogP contribution is -2.30. The van der Waals surface area contributed by atoms with Crippen LogP contribution in [0.1, 0.15) is 17.3 Å². The largest absolute Gasteiger partial charge is 0.271 e. The molecule has 1 atom stereocenters. The van der Waals surface area contributed by atoms with Crippen molar-refractivity contribution in [1.82, 2.24) is 10.4 Å². The van der Waals surface area contributed by atoms with Crippen molar-refractivity contribution in [3.05, 3.63) is 62.5 Å². The van der Waals surface area contributed by atoms with Crippen molar-refractivity contribution >= 4 is 31.9 Å². The average molecular weight is 389 g/mol. The Hall–Kier alpha value is -0.820. The zero-order valence-electron chi connectivity index (χ0n) is 9.91. The Bertz CT molecular complexity index is 578. The standard InChI is InChI=1S/C13H12Br2FN3/c14-10-4-3-9(16)6-8(10)7-12(19-17)13-11(15)2-1-5-18-13/h1-6,12,19H,7,17H2. The maximum Gasteiger partial charge on any atom is 0.123 e. The molecule has 1 heterocycles. The normalized spacial score (nSPS) is 12.4. The summed E-state index contributed by atoms with van der Waals surface area (Å²) in [5, 5.41) is 0. The lowest BCUT2D eigenvalue weighted by atomic mass is 10.0. The first-order valence-corrected chi connectivity index (χ1v) is 7.21. The minimum absolute atomic E-state index is 0.200. The highest BCUT2D eigenvalue weighted by Crippen LogP contribution is 2.27. The van der Waals surface area contributed by atoms with Crippen LogP contribution in [0.25, 0.3) is 0 Å². The monoisotopic (exact) mass is 387 g/mol. The van der Waals surface area contributed by atoms with Gasteiger partial charge in [0.1, 0.15) is 5.82 Å². The van der Waals surface area contributed by atoms with Gasteiger partial charge in [-0.1, -0.05) is 15.9 Å². The number of nitrogens with one attached hydrogen (secondary N) is 1. The van der Waals surface area contributed by atoms with Crippen molar-refractivity contribution in [3.8, 4) is 0 Å². The quantitative estimate of drug-likeness (QED) is 0.622. The first kappa shape index (κ1) is 14.6. The molecule has 0 radical (unpaired) electrons. The summed E-state index contributed by atoms with van der Waals surface area (Å²) in [6.07, 6.45) is 2.23. The fraction of sp³-hybridized carbons (Fsp3) is 0.154. The Labute approximate surface area is 127 Å². The summed E-state index contributed by atoms with van der Waals surface area (Å²) in [5.41, 5.74) is 4.35. The van der Waals surface area contributed by atoms with Gasteiger partial charge in [-0.15, -0.1) is 0 Å². The van der Waals surface area contributed by atoms with E-state index in [1.165, 1.54) is 12.1 Å². The van der Waals surface area contributed by atoms with Gasteiger partial charge in [0.2, 0.25) is 0 Å². The van der Waals surface area contributed by atoms with E-state index in [4.69, 9.17) is 5.84 Å². The molecule has 1 aromatic heterocycles. The number of hydrogen-bond acceptors (Lipinski definition) is 3. The molecule has 1 aromatic carbocycles. The SMILES string of the molecule is NNC(Cc1cc(F)ccc1Br)c1ncccc1Br. The smallest absolute Gasteiger partial charge is 0.123 e. The summed E-state index contributed by atoms with van der Waals surface area (Å²) >= 11 is 6.85. The van der Waals surface area contributed by atoms with Crippen LogP contribution in [-0.4, -0.2) is 4.98 Å². The molecule has 1 unspecified atom stereocenters. The zero-order valence-corrected chi connectivity index (χ0v) is 13.1. The van der Waals surface area contributed by atoms with E-state index in [2.05, 4.69) is 42.3 Å². The van der Waals surface area contributed by atoms with Gasteiger partial charge < -0.3 is 0 Å². The van der Waals surface area contributed by atoms with Gasteiger partial charge in [-0.05, 0) is 58.2 Å². The van der Waals surface area contributed by atoms with Gasteiger partial charge in [-0.2, -0.15) is 0 Å². The Morgan fingerprint density at radius 2 is 2.05 bits per heavy atom. The molecule has 0 fully saturated rings. The van der Waals surface area contributed by atoms with Gasteiger partial charge in [0.05, 0.1) is 11.7 Å². The van der Waals surface area contributed by atoms with E-state index < -0.39 is 0 Å². The second kappa shape index (κ2) is 6.56. The minimum atomic E-state index is -0.269. The number of halogens is 3. The summed E-state index contributed by atoms with van der Waals surface area (Å²) in [7, 11) is 0. The molecule has 0 bridgehead atoms. The third kappa shape index (κ3) is 3.60. The molecule has 0 aliphatic carbocycles. The molecule has 0 saturated heterocycles. The van der Waals surface area contributed by atoms with Crippen LogP contribution in [0.3, 0.4) is 0 Å². The molecule has 2 aromatic rings. The Kier molecular flexibility index (Phi) is 5.04. The summed E-state index contributed by atoms with van der Waals surface area (Å²) in [6, 6.07) is 8.12. The van der Waals surface area contributed by atoms with E-state index in [1.807, 2.05) is 12.1 Å². The summed E-state index contributed by atoms with van der Waals surface area (Å²) in [6.45, 7) is 0. The lowest BCUT2D eigenvalue weighted by molar-refractivity contribution is 0.532. The van der Waals surface area contributed by atoms with Gasteiger partial charge in [0, 0.05) is 15.1 Å². The van der Waals surface area contributed by atoms with Crippen LogP contribution in [0.2, 0.25) is 0 Å². The van der Waals surface area contributed by atoms with Crippen LogP contribution in [0.4, 0.5) is 4.39 Å². The van der Waals surface area contributed by atoms with E-state index >= 15 is 0 Å². The number of hydrogen-bond donors (Lipinski definition) is 2. The molecule has 0 aliphatic heterocycles. The zero-order chi connectivity index (χ0) is 13.8. The van der Waals surface area contributed by atoms with E-state index in [-0.39, 0.29) is 11.9 Å². The van der Waals surface area contributed by atoms with Crippen LogP contribution < -0.4 is 11.3 Å². The second-order valence-corrected chi connectivity index (χ2v) is 5.74. The van der Waals surface area contributed by atoms with Crippen LogP contribution in [0.15, 0.2) is 45.5 Å². The van der Waals surface area contributed by atoms with E-state index in [0.29, 0.717) is 6.42 Å². The molecule has 0 aliphatic rings. The number of aromatic nitrogens is 1. The highest BCUT2D eigenvalue weighted by molar-refractivity contribution is 9.10. The molecule has 19 heavy (non-hydrogen) atoms. The van der Waals surface area contributed by atoms with E-state index in [9.17, 15) is 4.39 Å². The number of benzene rings is 1. The van der Waals surface area contributed by atoms with Crippen molar-refractivity contribution < 1.29 is 4.39 Å². The van der Waals surface area contributed by atoms with Crippen LogP contribution in [0, 0.1) is 5.82 Å². The van der Waals surface area contributed by atoms with Crippen molar-refractivity contribution in [2.75, 3.05) is 0 Å². The second-order valence-electron chi connectivity index (χ2n) is 4.03. The molecule has 0 spiro atoms. The fourth-order valence-corrected chi connectivity index (χ4v) is 2.75. The molecule has 3 nitrogen and oxygen atoms in total. The topological polar surface area (TPSA) is 50.9 Å². The van der Waals surface area contributed by atoms with Gasteiger partial charge in [-0.3, -0.25) is 16.3 Å². The summed E-state index contributed by atoms with van der Waals surface area (Å²) in [5.74, 6) is 5.32. The third-order valence-electron chi connectivity index (χ3n) is 2.75. The molecule has 0 amide bonds. The number of nitrogens with zero attached hydrogens (tertiary/aromatic N) is 1. The molecule has 2 rings (SSSR count). The molecule has 3 N–H and O–H groups in total. The Morgan fingerprint density at radius 3 is 2.74 bits per heavy atom. The number of hydrazine groups is 1. The average Bonchev–Trinajstić information content (AvgIpc) is 2.41. The van der Waals surface area contributed by atoms with Gasteiger partial charge >= 0.3 is 0 Å². The Morgan fingerprint density at radius 1 is 1.26 bits per heavy atom. The summed E-state index contributed by atoms with van der Waals surface area (Å²) < 4.78 is 15.0. The first-order valence-electron chi connectivity index (χ1n) is 5.62. The van der Waals surface area contributed by atoms with Crippen molar-refractivity contribution in [3.63, 3.8) is 0 Å². The Balaban J connectivity index is 2.29. The fourth-order valence-electron chi connectivity index (χ4n) is 1.81. The van der Waals surface area contributed by atoms with Gasteiger partial charge in [-0.25, -0.2) is 4.39 Å².